The molecular formula is C26H30N8OS. The van der Waals surface area contributed by atoms with Gasteiger partial charge in [-0.05, 0) is 72.7 Å². The second kappa shape index (κ2) is 9.84. The van der Waals surface area contributed by atoms with Crippen molar-refractivity contribution in [1.82, 2.24) is 19.9 Å². The topological polar surface area (TPSA) is 119 Å². The van der Waals surface area contributed by atoms with Crippen molar-refractivity contribution in [3.05, 3.63) is 58.8 Å². The second-order valence-electron chi connectivity index (χ2n) is 9.60. The summed E-state index contributed by atoms with van der Waals surface area (Å²) in [6.07, 6.45) is 8.17. The standard InChI is InChI=1S/C26H30N8OS/c1-4-34-15-18-8-5-7-17-11-21(12-19(16-34)24(17)18)29-26-28-14-20(13-27)25(32-26)31-22-9-6-10-23(30-22)33-36(2,3)35/h6,9-12,14,18H,4-5,7-8,15-16H2,1-3H3,(H2,28,29,30,31,32)/t18-/m1/s1. The molecule has 3 heterocycles. The summed E-state index contributed by atoms with van der Waals surface area (Å²) < 4.78 is 16.2. The largest absolute Gasteiger partial charge is 0.324 e. The Bertz CT molecular complexity index is 1460. The first kappa shape index (κ1) is 24.2. The summed E-state index contributed by atoms with van der Waals surface area (Å²) in [5.74, 6) is 2.15. The first-order valence-corrected chi connectivity index (χ1v) is 14.5. The minimum Gasteiger partial charge on any atom is -0.324 e. The van der Waals surface area contributed by atoms with Gasteiger partial charge in [-0.15, -0.1) is 0 Å². The molecule has 1 aromatic carbocycles. The summed E-state index contributed by atoms with van der Waals surface area (Å²) >= 11 is 0. The van der Waals surface area contributed by atoms with E-state index in [0.29, 0.717) is 34.9 Å². The molecule has 0 radical (unpaired) electrons. The van der Waals surface area contributed by atoms with Crippen LogP contribution in [0.4, 0.5) is 29.1 Å². The molecule has 5 rings (SSSR count). The van der Waals surface area contributed by atoms with Gasteiger partial charge < -0.3 is 10.6 Å². The van der Waals surface area contributed by atoms with Gasteiger partial charge in [0.25, 0.3) is 0 Å². The van der Waals surface area contributed by atoms with E-state index in [0.717, 1.165) is 31.7 Å². The molecule has 0 fully saturated rings. The number of aromatic nitrogens is 3. The molecule has 0 saturated heterocycles. The van der Waals surface area contributed by atoms with E-state index >= 15 is 0 Å². The van der Waals surface area contributed by atoms with Crippen LogP contribution in [0.3, 0.4) is 0 Å². The molecule has 2 aliphatic rings. The van der Waals surface area contributed by atoms with Crippen LogP contribution < -0.4 is 10.6 Å². The Morgan fingerprint density at radius 1 is 1.22 bits per heavy atom. The van der Waals surface area contributed by atoms with Gasteiger partial charge in [-0.3, -0.25) is 4.90 Å². The number of hydrogen-bond acceptors (Lipinski definition) is 9. The molecule has 10 heteroatoms. The fraction of sp³-hybridized carbons (Fsp3) is 0.385. The number of aryl methyl sites for hydroxylation is 1. The van der Waals surface area contributed by atoms with Crippen molar-refractivity contribution in [2.24, 2.45) is 4.36 Å². The van der Waals surface area contributed by atoms with Crippen molar-refractivity contribution in [2.75, 3.05) is 36.2 Å². The number of rotatable bonds is 6. The summed E-state index contributed by atoms with van der Waals surface area (Å²) in [5, 5.41) is 16.0. The molecule has 0 saturated carbocycles. The summed E-state index contributed by atoms with van der Waals surface area (Å²) in [5.41, 5.74) is 5.59. The number of likely N-dealkylation sites (N-methyl/N-ethyl adjacent to an activating group) is 1. The quantitative estimate of drug-likeness (QED) is 0.491. The lowest BCUT2D eigenvalue weighted by atomic mass is 9.77. The van der Waals surface area contributed by atoms with Crippen LogP contribution in [-0.2, 0) is 22.7 Å². The number of pyridine rings is 1. The van der Waals surface area contributed by atoms with Gasteiger partial charge in [0, 0.05) is 41.0 Å². The van der Waals surface area contributed by atoms with Crippen LogP contribution in [0.25, 0.3) is 0 Å². The lowest BCUT2D eigenvalue weighted by molar-refractivity contribution is 0.231. The third-order valence-electron chi connectivity index (χ3n) is 6.54. The number of hydrogen-bond donors (Lipinski definition) is 2. The van der Waals surface area contributed by atoms with Crippen LogP contribution in [0.5, 0.6) is 0 Å². The highest BCUT2D eigenvalue weighted by Crippen LogP contribution is 2.40. The highest BCUT2D eigenvalue weighted by atomic mass is 32.2. The molecule has 1 atom stereocenters. The van der Waals surface area contributed by atoms with E-state index in [1.165, 1.54) is 30.2 Å². The van der Waals surface area contributed by atoms with Crippen LogP contribution in [0.15, 0.2) is 40.9 Å². The van der Waals surface area contributed by atoms with Crippen molar-refractivity contribution in [1.29, 1.82) is 5.26 Å². The predicted molar refractivity (Wildman–Crippen MR) is 143 cm³/mol. The fourth-order valence-corrected chi connectivity index (χ4v) is 5.63. The number of benzene rings is 1. The molecule has 9 nitrogen and oxygen atoms in total. The molecule has 0 unspecified atom stereocenters. The van der Waals surface area contributed by atoms with Gasteiger partial charge in [0.05, 0.1) is 6.20 Å². The van der Waals surface area contributed by atoms with E-state index in [1.54, 1.807) is 36.3 Å². The number of anilines is 4. The maximum atomic E-state index is 12.0. The molecule has 1 aliphatic carbocycles. The Hall–Kier alpha value is -3.55. The molecule has 0 amide bonds. The number of nitriles is 1. The van der Waals surface area contributed by atoms with E-state index in [2.05, 4.69) is 60.0 Å². The average molecular weight is 503 g/mol. The average Bonchev–Trinajstić information content (AvgIpc) is 2.83. The first-order valence-electron chi connectivity index (χ1n) is 12.1. The van der Waals surface area contributed by atoms with Gasteiger partial charge in [-0.25, -0.2) is 14.2 Å². The van der Waals surface area contributed by atoms with E-state index in [-0.39, 0.29) is 0 Å². The zero-order chi connectivity index (χ0) is 25.3. The lowest BCUT2D eigenvalue weighted by Crippen LogP contribution is -2.35. The Kier molecular flexibility index (Phi) is 6.60. The molecule has 2 aromatic heterocycles. The van der Waals surface area contributed by atoms with E-state index < -0.39 is 9.73 Å². The zero-order valence-electron chi connectivity index (χ0n) is 20.8. The highest BCUT2D eigenvalue weighted by Gasteiger charge is 2.30. The molecule has 1 aliphatic heterocycles. The fourth-order valence-electron chi connectivity index (χ4n) is 5.08. The molecular weight excluding hydrogens is 472 g/mol. The van der Waals surface area contributed by atoms with Crippen molar-refractivity contribution in [2.45, 2.75) is 38.6 Å². The minimum atomic E-state index is -2.34. The maximum absolute atomic E-state index is 12.0. The normalized spacial score (nSPS) is 17.1. The van der Waals surface area contributed by atoms with Crippen molar-refractivity contribution < 1.29 is 4.21 Å². The minimum absolute atomic E-state index is 0.293. The molecule has 3 aromatic rings. The monoisotopic (exact) mass is 502 g/mol. The molecule has 0 bridgehead atoms. The van der Waals surface area contributed by atoms with E-state index in [4.69, 9.17) is 0 Å². The molecule has 2 N–H and O–H groups in total. The third-order valence-corrected chi connectivity index (χ3v) is 7.16. The van der Waals surface area contributed by atoms with Crippen LogP contribution in [0.1, 0.15) is 47.9 Å². The second-order valence-corrected chi connectivity index (χ2v) is 12.1. The van der Waals surface area contributed by atoms with Gasteiger partial charge in [-0.2, -0.15) is 14.6 Å². The molecule has 36 heavy (non-hydrogen) atoms. The van der Waals surface area contributed by atoms with E-state index in [1.807, 2.05) is 0 Å². The Labute approximate surface area is 212 Å². The van der Waals surface area contributed by atoms with Crippen molar-refractivity contribution >= 4 is 38.8 Å². The molecule has 186 valence electrons. The van der Waals surface area contributed by atoms with Crippen LogP contribution in [0, 0.1) is 11.3 Å². The summed E-state index contributed by atoms with van der Waals surface area (Å²) in [6, 6.07) is 11.8. The van der Waals surface area contributed by atoms with Crippen molar-refractivity contribution in [3.63, 3.8) is 0 Å². The summed E-state index contributed by atoms with van der Waals surface area (Å²) in [6.45, 7) is 5.37. The molecule has 0 spiro atoms. The van der Waals surface area contributed by atoms with E-state index in [9.17, 15) is 9.47 Å². The van der Waals surface area contributed by atoms with Gasteiger partial charge in [0.15, 0.2) is 11.6 Å². The van der Waals surface area contributed by atoms with Crippen LogP contribution in [-0.4, -0.2) is 49.7 Å². The zero-order valence-corrected chi connectivity index (χ0v) is 21.6. The Morgan fingerprint density at radius 2 is 2.06 bits per heavy atom. The Morgan fingerprint density at radius 3 is 2.83 bits per heavy atom. The van der Waals surface area contributed by atoms with Crippen LogP contribution in [0.2, 0.25) is 0 Å². The number of nitrogens with zero attached hydrogens (tertiary/aromatic N) is 6. The lowest BCUT2D eigenvalue weighted by Gasteiger charge is -2.38. The van der Waals surface area contributed by atoms with Gasteiger partial charge in [0.1, 0.15) is 17.5 Å². The smallest absolute Gasteiger partial charge is 0.229 e. The summed E-state index contributed by atoms with van der Waals surface area (Å²) in [7, 11) is -2.34. The van der Waals surface area contributed by atoms with Gasteiger partial charge in [0.2, 0.25) is 5.95 Å². The van der Waals surface area contributed by atoms with Gasteiger partial charge in [-0.1, -0.05) is 13.0 Å². The third kappa shape index (κ3) is 5.32. The van der Waals surface area contributed by atoms with Crippen molar-refractivity contribution in [3.8, 4) is 6.07 Å². The van der Waals surface area contributed by atoms with Crippen LogP contribution >= 0.6 is 0 Å². The van der Waals surface area contributed by atoms with Gasteiger partial charge >= 0.3 is 0 Å². The number of nitrogens with one attached hydrogen (secondary N) is 2. The maximum Gasteiger partial charge on any atom is 0.229 e. The Balaban J connectivity index is 1.43. The first-order chi connectivity index (χ1) is 17.3. The summed E-state index contributed by atoms with van der Waals surface area (Å²) in [4.78, 5) is 15.8. The SMILES string of the molecule is CCN1Cc2cc(Nc3ncc(C#N)c(Nc4cccc(N=S(C)(C)=O)n4)n3)cc3c2[C@H](CCC3)C1. The highest BCUT2D eigenvalue weighted by molar-refractivity contribution is 7.92. The predicted octanol–water partition coefficient (Wildman–Crippen LogP) is 4.84.